The second-order valence-corrected chi connectivity index (χ2v) is 3.87. The second kappa shape index (κ2) is 7.90. The molecule has 0 unspecified atom stereocenters. The van der Waals surface area contributed by atoms with Gasteiger partial charge in [-0.25, -0.2) is 0 Å². The van der Waals surface area contributed by atoms with Gasteiger partial charge >= 0.3 is 0 Å². The van der Waals surface area contributed by atoms with Crippen LogP contribution in [0.25, 0.3) is 0 Å². The average molecular weight is 298 g/mol. The van der Waals surface area contributed by atoms with E-state index in [4.69, 9.17) is 14.9 Å². The molecule has 3 nitrogen and oxygen atoms in total. The van der Waals surface area contributed by atoms with Crippen molar-refractivity contribution in [2.75, 3.05) is 18.5 Å². The zero-order valence-electron chi connectivity index (χ0n) is 9.78. The van der Waals surface area contributed by atoms with E-state index in [9.17, 15) is 0 Å². The quantitative estimate of drug-likeness (QED) is 0.378. The molecule has 1 aromatic carbocycles. The molecule has 0 saturated carbocycles. The molecule has 1 rings (SSSR count). The van der Waals surface area contributed by atoms with E-state index in [-0.39, 0.29) is 5.90 Å². The third-order valence-electron chi connectivity index (χ3n) is 2.01. The third-order valence-corrected chi connectivity index (χ3v) is 2.38. The van der Waals surface area contributed by atoms with Crippen molar-refractivity contribution in [2.45, 2.75) is 6.92 Å². The van der Waals surface area contributed by atoms with Crippen LogP contribution < -0.4 is 4.74 Å². The standard InChI is InChI=1S/C13H16BrNO2/c1-2-16-13(15)11-5-7-12(8-6-11)17-10-4-3-9-14/h3-8,15H,2,9-10H2,1H3. The van der Waals surface area contributed by atoms with E-state index in [1.807, 2.05) is 43.3 Å². The molecular weight excluding hydrogens is 282 g/mol. The molecule has 1 N–H and O–H groups in total. The van der Waals surface area contributed by atoms with Crippen LogP contribution in [0.3, 0.4) is 0 Å². The molecule has 17 heavy (non-hydrogen) atoms. The lowest BCUT2D eigenvalue weighted by molar-refractivity contribution is 0.325. The number of benzene rings is 1. The smallest absolute Gasteiger partial charge is 0.213 e. The monoisotopic (exact) mass is 297 g/mol. The van der Waals surface area contributed by atoms with Gasteiger partial charge in [0.2, 0.25) is 5.90 Å². The molecule has 0 aromatic heterocycles. The molecule has 0 fully saturated rings. The fourth-order valence-electron chi connectivity index (χ4n) is 1.21. The Labute approximate surface area is 110 Å². The van der Waals surface area contributed by atoms with Crippen molar-refractivity contribution in [3.8, 4) is 5.75 Å². The van der Waals surface area contributed by atoms with Crippen molar-refractivity contribution in [3.05, 3.63) is 42.0 Å². The molecule has 0 heterocycles. The molecular formula is C13H16BrNO2. The number of rotatable bonds is 6. The van der Waals surface area contributed by atoms with E-state index in [0.717, 1.165) is 16.6 Å². The van der Waals surface area contributed by atoms with Gasteiger partial charge < -0.3 is 9.47 Å². The normalized spacial score (nSPS) is 10.5. The Morgan fingerprint density at radius 2 is 2.00 bits per heavy atom. The molecule has 0 amide bonds. The summed E-state index contributed by atoms with van der Waals surface area (Å²) in [6.07, 6.45) is 3.93. The number of ether oxygens (including phenoxy) is 2. The minimum absolute atomic E-state index is 0.193. The first-order valence-corrected chi connectivity index (χ1v) is 6.55. The number of hydrogen-bond donors (Lipinski definition) is 1. The summed E-state index contributed by atoms with van der Waals surface area (Å²) < 4.78 is 10.6. The first kappa shape index (κ1) is 13.8. The molecule has 0 aliphatic carbocycles. The summed E-state index contributed by atoms with van der Waals surface area (Å²) in [5, 5.41) is 8.45. The van der Waals surface area contributed by atoms with Crippen LogP contribution in [0.4, 0.5) is 0 Å². The Kier molecular flexibility index (Phi) is 6.40. The van der Waals surface area contributed by atoms with E-state index in [1.165, 1.54) is 0 Å². The SMILES string of the molecule is CCOC(=N)c1ccc(OCC=CCBr)cc1. The number of allylic oxidation sites excluding steroid dienone is 1. The second-order valence-electron chi connectivity index (χ2n) is 3.22. The highest BCUT2D eigenvalue weighted by molar-refractivity contribution is 9.09. The minimum atomic E-state index is 0.193. The molecule has 0 atom stereocenters. The molecule has 1 aromatic rings. The van der Waals surface area contributed by atoms with E-state index >= 15 is 0 Å². The molecule has 92 valence electrons. The largest absolute Gasteiger partial charge is 0.490 e. The molecule has 0 saturated heterocycles. The van der Waals surface area contributed by atoms with E-state index < -0.39 is 0 Å². The van der Waals surface area contributed by atoms with Crippen LogP contribution in [0.1, 0.15) is 12.5 Å². The fourth-order valence-corrected chi connectivity index (χ4v) is 1.47. The Morgan fingerprint density at radius 1 is 1.29 bits per heavy atom. The van der Waals surface area contributed by atoms with Gasteiger partial charge in [-0.15, -0.1) is 0 Å². The van der Waals surface area contributed by atoms with Crippen molar-refractivity contribution in [1.82, 2.24) is 0 Å². The van der Waals surface area contributed by atoms with Crippen molar-refractivity contribution < 1.29 is 9.47 Å². The van der Waals surface area contributed by atoms with Crippen molar-refractivity contribution >= 4 is 21.8 Å². The van der Waals surface area contributed by atoms with Crippen LogP contribution in [0.5, 0.6) is 5.75 Å². The lowest BCUT2D eigenvalue weighted by Gasteiger charge is -2.06. The van der Waals surface area contributed by atoms with Gasteiger partial charge in [0.05, 0.1) is 6.61 Å². The number of alkyl halides is 1. The van der Waals surface area contributed by atoms with Crippen LogP contribution in [-0.2, 0) is 4.74 Å². The summed E-state index contributed by atoms with van der Waals surface area (Å²) in [7, 11) is 0. The van der Waals surface area contributed by atoms with E-state index in [1.54, 1.807) is 0 Å². The molecule has 4 heteroatoms. The maximum atomic E-state index is 7.61. The summed E-state index contributed by atoms with van der Waals surface area (Å²) in [6, 6.07) is 7.32. The topological polar surface area (TPSA) is 42.3 Å². The molecule has 0 bridgehead atoms. The average Bonchev–Trinajstić information content (AvgIpc) is 2.36. The van der Waals surface area contributed by atoms with Crippen LogP contribution in [0, 0.1) is 5.41 Å². The molecule has 0 spiro atoms. The van der Waals surface area contributed by atoms with Gasteiger partial charge in [0.25, 0.3) is 0 Å². The zero-order chi connectivity index (χ0) is 12.5. The Bertz CT molecular complexity index is 374. The van der Waals surface area contributed by atoms with Gasteiger partial charge in [0.15, 0.2) is 0 Å². The van der Waals surface area contributed by atoms with Gasteiger partial charge in [0, 0.05) is 10.9 Å². The summed E-state index contributed by atoms with van der Waals surface area (Å²) in [4.78, 5) is 0. The Balaban J connectivity index is 2.50. The highest BCUT2D eigenvalue weighted by atomic mass is 79.9. The summed E-state index contributed by atoms with van der Waals surface area (Å²) >= 11 is 3.30. The van der Waals surface area contributed by atoms with Gasteiger partial charge in [-0.2, -0.15) is 0 Å². The van der Waals surface area contributed by atoms with E-state index in [0.29, 0.717) is 13.2 Å². The summed E-state index contributed by atoms with van der Waals surface area (Å²) in [6.45, 7) is 2.92. The van der Waals surface area contributed by atoms with Crippen molar-refractivity contribution in [2.24, 2.45) is 0 Å². The Hall–Kier alpha value is -1.29. The van der Waals surface area contributed by atoms with Crippen LogP contribution >= 0.6 is 15.9 Å². The Morgan fingerprint density at radius 3 is 2.59 bits per heavy atom. The highest BCUT2D eigenvalue weighted by Gasteiger charge is 2.01. The first-order chi connectivity index (χ1) is 8.27. The van der Waals surface area contributed by atoms with Crippen molar-refractivity contribution in [1.29, 1.82) is 5.41 Å². The van der Waals surface area contributed by atoms with Gasteiger partial charge in [0.1, 0.15) is 12.4 Å². The molecule has 0 aliphatic heterocycles. The van der Waals surface area contributed by atoms with Gasteiger partial charge in [-0.3, -0.25) is 5.41 Å². The summed E-state index contributed by atoms with van der Waals surface area (Å²) in [5.41, 5.74) is 0.759. The summed E-state index contributed by atoms with van der Waals surface area (Å²) in [5.74, 6) is 0.982. The number of halogens is 1. The van der Waals surface area contributed by atoms with Crippen LogP contribution in [0.2, 0.25) is 0 Å². The van der Waals surface area contributed by atoms with Gasteiger partial charge in [-0.1, -0.05) is 28.1 Å². The van der Waals surface area contributed by atoms with E-state index in [2.05, 4.69) is 15.9 Å². The van der Waals surface area contributed by atoms with Crippen molar-refractivity contribution in [3.63, 3.8) is 0 Å². The zero-order valence-corrected chi connectivity index (χ0v) is 11.4. The number of hydrogen-bond acceptors (Lipinski definition) is 3. The molecule has 0 aliphatic rings. The lowest BCUT2D eigenvalue weighted by Crippen LogP contribution is -2.04. The fraction of sp³-hybridized carbons (Fsp3) is 0.308. The predicted molar refractivity (Wildman–Crippen MR) is 73.3 cm³/mol. The third kappa shape index (κ3) is 5.04. The molecule has 0 radical (unpaired) electrons. The van der Waals surface area contributed by atoms with Crippen LogP contribution in [0.15, 0.2) is 36.4 Å². The highest BCUT2D eigenvalue weighted by Crippen LogP contribution is 2.12. The maximum Gasteiger partial charge on any atom is 0.213 e. The lowest BCUT2D eigenvalue weighted by atomic mass is 10.2. The predicted octanol–water partition coefficient (Wildman–Crippen LogP) is 3.38. The minimum Gasteiger partial charge on any atom is -0.490 e. The maximum absolute atomic E-state index is 7.61. The first-order valence-electron chi connectivity index (χ1n) is 5.43. The van der Waals surface area contributed by atoms with Gasteiger partial charge in [-0.05, 0) is 31.2 Å². The number of nitrogens with one attached hydrogen (secondary N) is 1. The van der Waals surface area contributed by atoms with Crippen LogP contribution in [-0.4, -0.2) is 24.4 Å².